The van der Waals surface area contributed by atoms with Crippen molar-refractivity contribution in [2.24, 2.45) is 0 Å². The van der Waals surface area contributed by atoms with E-state index in [1.54, 1.807) is 6.92 Å². The Balaban J connectivity index is 2.60. The van der Waals surface area contributed by atoms with Crippen molar-refractivity contribution in [2.75, 3.05) is 5.32 Å². The lowest BCUT2D eigenvalue weighted by Gasteiger charge is -2.13. The molecule has 1 aliphatic heterocycles. The Morgan fingerprint density at radius 2 is 2.19 bits per heavy atom. The van der Waals surface area contributed by atoms with Crippen molar-refractivity contribution >= 4 is 11.6 Å². The molecule has 16 heavy (non-hydrogen) atoms. The van der Waals surface area contributed by atoms with Gasteiger partial charge in [0.25, 0.3) is 0 Å². The van der Waals surface area contributed by atoms with Gasteiger partial charge in [-0.25, -0.2) is 0 Å². The van der Waals surface area contributed by atoms with E-state index in [9.17, 15) is 9.90 Å². The van der Waals surface area contributed by atoms with Crippen molar-refractivity contribution in [2.45, 2.75) is 39.2 Å². The normalized spacial score (nSPS) is 20.5. The zero-order chi connectivity index (χ0) is 11.9. The molecule has 2 atom stereocenters. The molecule has 1 amide bonds. The highest BCUT2D eigenvalue weighted by molar-refractivity contribution is 6.03. The Bertz CT molecular complexity index is 438. The number of benzene rings is 1. The Morgan fingerprint density at radius 3 is 2.75 bits per heavy atom. The second-order valence-electron chi connectivity index (χ2n) is 4.39. The average Bonchev–Trinajstić information content (AvgIpc) is 2.54. The second kappa shape index (κ2) is 3.91. The maximum absolute atomic E-state index is 11.6. The number of fused-ring (bicyclic) bond motifs is 1. The fourth-order valence-corrected chi connectivity index (χ4v) is 2.14. The number of hydrogen-bond donors (Lipinski definition) is 2. The topological polar surface area (TPSA) is 49.3 Å². The lowest BCUT2D eigenvalue weighted by molar-refractivity contribution is -0.116. The minimum atomic E-state index is -0.550. The van der Waals surface area contributed by atoms with Crippen molar-refractivity contribution in [3.8, 4) is 0 Å². The molecule has 0 saturated heterocycles. The summed E-state index contributed by atoms with van der Waals surface area (Å²) in [7, 11) is 0. The summed E-state index contributed by atoms with van der Waals surface area (Å²) >= 11 is 0. The van der Waals surface area contributed by atoms with Gasteiger partial charge in [-0.1, -0.05) is 19.1 Å². The minimum Gasteiger partial charge on any atom is -0.389 e. The van der Waals surface area contributed by atoms with E-state index >= 15 is 0 Å². The Labute approximate surface area is 95.5 Å². The first-order chi connectivity index (χ1) is 7.54. The molecule has 0 fully saturated rings. The Kier molecular flexibility index (Phi) is 2.72. The first-order valence-corrected chi connectivity index (χ1v) is 5.70. The standard InChI is InChI=1S/C13H17NO2/c1-4-9-5-10-7(2)13(16)14-12(10)11(6-9)8(3)15/h5-8,15H,4H2,1-3H3,(H,14,16). The molecule has 0 radical (unpaired) electrons. The quantitative estimate of drug-likeness (QED) is 0.802. The van der Waals surface area contributed by atoms with Crippen molar-refractivity contribution in [1.82, 2.24) is 0 Å². The van der Waals surface area contributed by atoms with Gasteiger partial charge in [-0.05, 0) is 31.4 Å². The number of anilines is 1. The van der Waals surface area contributed by atoms with Crippen LogP contribution < -0.4 is 5.32 Å². The molecule has 0 spiro atoms. The van der Waals surface area contributed by atoms with Crippen LogP contribution in [0.15, 0.2) is 12.1 Å². The van der Waals surface area contributed by atoms with Crippen molar-refractivity contribution in [1.29, 1.82) is 0 Å². The van der Waals surface area contributed by atoms with E-state index in [0.717, 1.165) is 28.8 Å². The molecule has 1 aromatic rings. The predicted octanol–water partition coefficient (Wildman–Crippen LogP) is 2.36. The Morgan fingerprint density at radius 1 is 1.50 bits per heavy atom. The van der Waals surface area contributed by atoms with Crippen molar-refractivity contribution in [3.05, 3.63) is 28.8 Å². The van der Waals surface area contributed by atoms with Crippen LogP contribution in [0.5, 0.6) is 0 Å². The fourth-order valence-electron chi connectivity index (χ4n) is 2.14. The molecule has 3 nitrogen and oxygen atoms in total. The average molecular weight is 219 g/mol. The third-order valence-electron chi connectivity index (χ3n) is 3.23. The summed E-state index contributed by atoms with van der Waals surface area (Å²) < 4.78 is 0. The number of carbonyl (C=O) groups excluding carboxylic acids is 1. The first-order valence-electron chi connectivity index (χ1n) is 5.70. The lowest BCUT2D eigenvalue weighted by Crippen LogP contribution is -2.09. The van der Waals surface area contributed by atoms with Gasteiger partial charge in [0.15, 0.2) is 0 Å². The zero-order valence-electron chi connectivity index (χ0n) is 9.87. The number of aryl methyl sites for hydroxylation is 1. The minimum absolute atomic E-state index is 0.0187. The maximum Gasteiger partial charge on any atom is 0.231 e. The van der Waals surface area contributed by atoms with Gasteiger partial charge in [-0.15, -0.1) is 0 Å². The van der Waals surface area contributed by atoms with Crippen LogP contribution in [0.4, 0.5) is 5.69 Å². The van der Waals surface area contributed by atoms with Crippen LogP contribution in [0.25, 0.3) is 0 Å². The molecule has 86 valence electrons. The molecule has 2 unspecified atom stereocenters. The molecule has 0 aliphatic carbocycles. The summed E-state index contributed by atoms with van der Waals surface area (Å²) in [6.45, 7) is 5.69. The van der Waals surface area contributed by atoms with Gasteiger partial charge in [0.1, 0.15) is 0 Å². The van der Waals surface area contributed by atoms with E-state index < -0.39 is 6.10 Å². The molecule has 0 saturated carbocycles. The van der Waals surface area contributed by atoms with Crippen LogP contribution in [0.3, 0.4) is 0 Å². The van der Waals surface area contributed by atoms with Crippen LogP contribution in [-0.4, -0.2) is 11.0 Å². The molecule has 3 heteroatoms. The van der Waals surface area contributed by atoms with E-state index in [0.29, 0.717) is 0 Å². The van der Waals surface area contributed by atoms with E-state index in [4.69, 9.17) is 0 Å². The van der Waals surface area contributed by atoms with Crippen LogP contribution >= 0.6 is 0 Å². The van der Waals surface area contributed by atoms with Gasteiger partial charge in [-0.2, -0.15) is 0 Å². The first kappa shape index (κ1) is 11.1. The molecule has 1 aromatic carbocycles. The zero-order valence-corrected chi connectivity index (χ0v) is 9.87. The van der Waals surface area contributed by atoms with E-state index in [1.165, 1.54) is 0 Å². The van der Waals surface area contributed by atoms with E-state index in [2.05, 4.69) is 18.3 Å². The van der Waals surface area contributed by atoms with Crippen LogP contribution in [-0.2, 0) is 11.2 Å². The van der Waals surface area contributed by atoms with Crippen LogP contribution in [0.2, 0.25) is 0 Å². The number of nitrogens with one attached hydrogen (secondary N) is 1. The van der Waals surface area contributed by atoms with Crippen molar-refractivity contribution in [3.63, 3.8) is 0 Å². The van der Waals surface area contributed by atoms with Gasteiger partial charge in [0, 0.05) is 5.56 Å². The molecule has 2 rings (SSSR count). The molecular weight excluding hydrogens is 202 g/mol. The summed E-state index contributed by atoms with van der Waals surface area (Å²) in [4.78, 5) is 11.6. The highest BCUT2D eigenvalue weighted by Crippen LogP contribution is 2.38. The largest absolute Gasteiger partial charge is 0.389 e. The van der Waals surface area contributed by atoms with Gasteiger partial charge < -0.3 is 10.4 Å². The highest BCUT2D eigenvalue weighted by Gasteiger charge is 2.29. The molecular formula is C13H17NO2. The summed E-state index contributed by atoms with van der Waals surface area (Å²) in [5.41, 5.74) is 3.81. The molecule has 2 N–H and O–H groups in total. The highest BCUT2D eigenvalue weighted by atomic mass is 16.3. The smallest absolute Gasteiger partial charge is 0.231 e. The third-order valence-corrected chi connectivity index (χ3v) is 3.23. The van der Waals surface area contributed by atoms with Crippen molar-refractivity contribution < 1.29 is 9.90 Å². The summed E-state index contributed by atoms with van der Waals surface area (Å²) in [6, 6.07) is 4.03. The van der Waals surface area contributed by atoms with E-state index in [-0.39, 0.29) is 11.8 Å². The monoisotopic (exact) mass is 219 g/mol. The van der Waals surface area contributed by atoms with Crippen LogP contribution in [0.1, 0.15) is 49.5 Å². The van der Waals surface area contributed by atoms with Crippen LogP contribution in [0, 0.1) is 0 Å². The summed E-state index contributed by atoms with van der Waals surface area (Å²) in [5, 5.41) is 12.6. The number of aliphatic hydroxyl groups excluding tert-OH is 1. The van der Waals surface area contributed by atoms with Gasteiger partial charge in [0.2, 0.25) is 5.91 Å². The van der Waals surface area contributed by atoms with E-state index in [1.807, 2.05) is 13.0 Å². The SMILES string of the molecule is CCc1cc(C(C)O)c2c(c1)C(C)C(=O)N2. The number of rotatable bonds is 2. The summed E-state index contributed by atoms with van der Waals surface area (Å²) in [5.74, 6) is -0.0934. The molecule has 0 aromatic heterocycles. The van der Waals surface area contributed by atoms with Gasteiger partial charge >= 0.3 is 0 Å². The number of aliphatic hydroxyl groups is 1. The number of carbonyl (C=O) groups is 1. The summed E-state index contributed by atoms with van der Waals surface area (Å²) in [6.07, 6.45) is 0.360. The number of hydrogen-bond acceptors (Lipinski definition) is 2. The fraction of sp³-hybridized carbons (Fsp3) is 0.462. The predicted molar refractivity (Wildman–Crippen MR) is 63.5 cm³/mol. The lowest BCUT2D eigenvalue weighted by atomic mass is 9.94. The van der Waals surface area contributed by atoms with Gasteiger partial charge in [0.05, 0.1) is 17.7 Å². The van der Waals surface area contributed by atoms with Gasteiger partial charge in [-0.3, -0.25) is 4.79 Å². The molecule has 0 bridgehead atoms. The Hall–Kier alpha value is -1.35. The molecule has 1 heterocycles. The second-order valence-corrected chi connectivity index (χ2v) is 4.39. The molecule has 1 aliphatic rings. The maximum atomic E-state index is 11.6. The number of amides is 1. The third kappa shape index (κ3) is 1.61.